The number of hydrogen-bond acceptors (Lipinski definition) is 7. The Kier molecular flexibility index (Phi) is 10.3. The van der Waals surface area contributed by atoms with Crippen LogP contribution in [-0.4, -0.2) is 68.1 Å². The van der Waals surface area contributed by atoms with Crippen LogP contribution in [0.3, 0.4) is 0 Å². The molecule has 1 aromatic heterocycles. The van der Waals surface area contributed by atoms with E-state index in [1.807, 2.05) is 30.3 Å². The lowest BCUT2D eigenvalue weighted by atomic mass is 10.1. The zero-order valence-electron chi connectivity index (χ0n) is 21.8. The molecular formula is C29H38N4O3S. The van der Waals surface area contributed by atoms with Crippen LogP contribution in [0.5, 0.6) is 0 Å². The molecule has 1 N–H and O–H groups in total. The van der Waals surface area contributed by atoms with E-state index in [0.717, 1.165) is 86.7 Å². The summed E-state index contributed by atoms with van der Waals surface area (Å²) in [6, 6.07) is 7.67. The first-order valence-corrected chi connectivity index (χ1v) is 14.3. The second-order valence-electron chi connectivity index (χ2n) is 9.72. The number of rotatable bonds is 12. The Morgan fingerprint density at radius 3 is 2.57 bits per heavy atom. The zero-order valence-corrected chi connectivity index (χ0v) is 22.6. The van der Waals surface area contributed by atoms with Crippen molar-refractivity contribution in [2.75, 3.05) is 51.3 Å². The smallest absolute Gasteiger partial charge is 0.306 e. The molecule has 7 nitrogen and oxygen atoms in total. The third-order valence-electron chi connectivity index (χ3n) is 6.77. The Morgan fingerprint density at radius 2 is 1.81 bits per heavy atom. The minimum atomic E-state index is -0.134. The summed E-state index contributed by atoms with van der Waals surface area (Å²) in [6.45, 7) is 5.14. The van der Waals surface area contributed by atoms with E-state index in [1.54, 1.807) is 11.3 Å². The lowest BCUT2D eigenvalue weighted by Crippen LogP contribution is -2.44. The van der Waals surface area contributed by atoms with E-state index in [2.05, 4.69) is 39.7 Å². The normalized spacial score (nSPS) is 15.9. The Labute approximate surface area is 224 Å². The number of amides is 1. The summed E-state index contributed by atoms with van der Waals surface area (Å²) in [5, 5.41) is 6.16. The average Bonchev–Trinajstić information content (AvgIpc) is 3.43. The van der Waals surface area contributed by atoms with Gasteiger partial charge in [0.1, 0.15) is 6.61 Å². The number of unbranched alkanes of at least 4 members (excludes halogenated alkanes) is 3. The van der Waals surface area contributed by atoms with Crippen molar-refractivity contribution in [3.05, 3.63) is 59.0 Å². The van der Waals surface area contributed by atoms with Crippen molar-refractivity contribution in [1.82, 2.24) is 15.2 Å². The summed E-state index contributed by atoms with van der Waals surface area (Å²) in [4.78, 5) is 33.9. The molecule has 0 saturated carbocycles. The molecule has 0 atom stereocenters. The minimum absolute atomic E-state index is 0.0578. The molecule has 2 aromatic rings. The molecule has 0 spiro atoms. The molecule has 4 rings (SSSR count). The van der Waals surface area contributed by atoms with E-state index < -0.39 is 0 Å². The molecule has 1 fully saturated rings. The van der Waals surface area contributed by atoms with Crippen molar-refractivity contribution < 1.29 is 14.3 Å². The van der Waals surface area contributed by atoms with Gasteiger partial charge in [-0.3, -0.25) is 9.59 Å². The summed E-state index contributed by atoms with van der Waals surface area (Å²) in [6.07, 6.45) is 12.4. The van der Waals surface area contributed by atoms with Crippen LogP contribution >= 0.6 is 11.3 Å². The number of carbonyl (C=O) groups is 2. The molecule has 1 amide bonds. The van der Waals surface area contributed by atoms with Crippen LogP contribution in [0.15, 0.2) is 53.4 Å². The minimum Gasteiger partial charge on any atom is -0.461 e. The van der Waals surface area contributed by atoms with Crippen LogP contribution in [0.25, 0.3) is 11.3 Å². The molecule has 198 valence electrons. The molecule has 1 aliphatic carbocycles. The van der Waals surface area contributed by atoms with Crippen LogP contribution in [0.1, 0.15) is 55.3 Å². The predicted octanol–water partition coefficient (Wildman–Crippen LogP) is 5.06. The number of likely N-dealkylation sites (N-methyl/N-ethyl adjacent to an activating group) is 1. The van der Waals surface area contributed by atoms with Crippen molar-refractivity contribution in [3.63, 3.8) is 0 Å². The highest BCUT2D eigenvalue weighted by Crippen LogP contribution is 2.28. The number of anilines is 1. The Morgan fingerprint density at radius 1 is 1.03 bits per heavy atom. The number of thiazole rings is 1. The summed E-state index contributed by atoms with van der Waals surface area (Å²) < 4.78 is 5.34. The fraction of sp³-hybridized carbons (Fsp3) is 0.483. The highest BCUT2D eigenvalue weighted by Gasteiger charge is 2.17. The average molecular weight is 523 g/mol. The maximum atomic E-state index is 12.5. The van der Waals surface area contributed by atoms with Gasteiger partial charge in [-0.2, -0.15) is 0 Å². The maximum Gasteiger partial charge on any atom is 0.306 e. The van der Waals surface area contributed by atoms with Crippen LogP contribution in [0.4, 0.5) is 5.13 Å². The van der Waals surface area contributed by atoms with Gasteiger partial charge in [-0.15, -0.1) is 11.3 Å². The van der Waals surface area contributed by atoms with E-state index in [9.17, 15) is 9.59 Å². The second-order valence-corrected chi connectivity index (χ2v) is 10.6. The van der Waals surface area contributed by atoms with Crippen molar-refractivity contribution in [2.45, 2.75) is 44.9 Å². The summed E-state index contributed by atoms with van der Waals surface area (Å²) >= 11 is 1.68. The highest BCUT2D eigenvalue weighted by molar-refractivity contribution is 7.14. The predicted molar refractivity (Wildman–Crippen MR) is 150 cm³/mol. The van der Waals surface area contributed by atoms with Gasteiger partial charge in [0.05, 0.1) is 5.69 Å². The van der Waals surface area contributed by atoms with Gasteiger partial charge in [-0.05, 0) is 50.4 Å². The van der Waals surface area contributed by atoms with Crippen LogP contribution < -0.4 is 10.2 Å². The lowest BCUT2D eigenvalue weighted by molar-refractivity contribution is -0.142. The van der Waals surface area contributed by atoms with E-state index in [0.29, 0.717) is 25.1 Å². The fourth-order valence-electron chi connectivity index (χ4n) is 4.39. The van der Waals surface area contributed by atoms with Crippen LogP contribution in [0, 0.1) is 0 Å². The first kappa shape index (κ1) is 27.1. The molecule has 1 saturated heterocycles. The maximum absolute atomic E-state index is 12.5. The Bertz CT molecular complexity index is 1080. The number of esters is 1. The van der Waals surface area contributed by atoms with Crippen LogP contribution in [0.2, 0.25) is 0 Å². The van der Waals surface area contributed by atoms with Crippen molar-refractivity contribution in [1.29, 1.82) is 0 Å². The first-order chi connectivity index (χ1) is 18.1. The molecule has 2 aliphatic rings. The molecule has 0 unspecified atom stereocenters. The Balaban J connectivity index is 1.09. The fourth-order valence-corrected chi connectivity index (χ4v) is 5.28. The number of aromatic nitrogens is 1. The number of nitrogens with zero attached hydrogens (tertiary/aromatic N) is 3. The second kappa shape index (κ2) is 14.1. The highest BCUT2D eigenvalue weighted by atomic mass is 32.1. The zero-order chi connectivity index (χ0) is 25.9. The Hall–Kier alpha value is -2.97. The number of nitrogens with one attached hydrogen (secondary N) is 1. The molecule has 0 bridgehead atoms. The number of piperazine rings is 1. The van der Waals surface area contributed by atoms with Gasteiger partial charge in [-0.1, -0.05) is 43.2 Å². The third kappa shape index (κ3) is 8.54. The quantitative estimate of drug-likeness (QED) is 0.310. The third-order valence-corrected chi connectivity index (χ3v) is 7.67. The van der Waals surface area contributed by atoms with Gasteiger partial charge in [0, 0.05) is 55.7 Å². The van der Waals surface area contributed by atoms with Crippen molar-refractivity contribution in [2.24, 2.45) is 0 Å². The van der Waals surface area contributed by atoms with E-state index in [1.165, 1.54) is 0 Å². The van der Waals surface area contributed by atoms with Crippen molar-refractivity contribution >= 4 is 28.3 Å². The number of allylic oxidation sites excluding steroid dienone is 2. The topological polar surface area (TPSA) is 74.8 Å². The lowest BCUT2D eigenvalue weighted by Gasteiger charge is -2.32. The molecule has 1 aromatic carbocycles. The number of carbonyl (C=O) groups excluding carboxylic acids is 2. The van der Waals surface area contributed by atoms with Gasteiger partial charge in [0.25, 0.3) is 5.91 Å². The molecule has 0 radical (unpaired) electrons. The van der Waals surface area contributed by atoms with E-state index >= 15 is 0 Å². The van der Waals surface area contributed by atoms with Gasteiger partial charge >= 0.3 is 5.97 Å². The van der Waals surface area contributed by atoms with Crippen LogP contribution in [-0.2, 0) is 9.53 Å². The largest absolute Gasteiger partial charge is 0.461 e. The SMILES string of the molecule is CN1CCN(c2nc(-c3ccc(C(=O)NCCCCCCC(=O)OCC4=CCCC=C4)cc3)cs2)CC1. The van der Waals surface area contributed by atoms with Gasteiger partial charge in [0.2, 0.25) is 0 Å². The number of benzene rings is 1. The monoisotopic (exact) mass is 522 g/mol. The first-order valence-electron chi connectivity index (χ1n) is 13.4. The van der Waals surface area contributed by atoms with Crippen molar-refractivity contribution in [3.8, 4) is 11.3 Å². The molecule has 1 aliphatic heterocycles. The summed E-state index contributed by atoms with van der Waals surface area (Å²) in [5.41, 5.74) is 3.73. The van der Waals surface area contributed by atoms with E-state index in [-0.39, 0.29) is 11.9 Å². The molecule has 2 heterocycles. The number of hydrogen-bond donors (Lipinski definition) is 1. The van der Waals surface area contributed by atoms with E-state index in [4.69, 9.17) is 9.72 Å². The summed E-state index contributed by atoms with van der Waals surface area (Å²) in [7, 11) is 2.15. The van der Waals surface area contributed by atoms with Gasteiger partial charge in [0.15, 0.2) is 5.13 Å². The standard InChI is InChI=1S/C29H38N4O3S/c1-32-17-19-33(20-18-32)29-31-26(22-37-29)24-12-14-25(15-13-24)28(35)30-16-8-3-2-7-11-27(34)36-21-23-9-5-4-6-10-23/h5,9-10,12-15,22H,2-4,6-8,11,16-21H2,1H3,(H,30,35). The summed E-state index contributed by atoms with van der Waals surface area (Å²) in [5.74, 6) is -0.192. The van der Waals surface area contributed by atoms with Gasteiger partial charge in [-0.25, -0.2) is 4.98 Å². The molecule has 37 heavy (non-hydrogen) atoms. The number of ether oxygens (including phenoxy) is 1. The molecular weight excluding hydrogens is 484 g/mol. The molecule has 8 heteroatoms. The van der Waals surface area contributed by atoms with Gasteiger partial charge < -0.3 is 19.9 Å².